The number of hydrogen-bond acceptors (Lipinski definition) is 3. The highest BCUT2D eigenvalue weighted by molar-refractivity contribution is 5.75. The van der Waals surface area contributed by atoms with Gasteiger partial charge in [-0.1, -0.05) is 17.3 Å². The van der Waals surface area contributed by atoms with E-state index in [1.807, 2.05) is 24.3 Å². The van der Waals surface area contributed by atoms with E-state index >= 15 is 0 Å². The van der Waals surface area contributed by atoms with Gasteiger partial charge >= 0.3 is 0 Å². The van der Waals surface area contributed by atoms with E-state index in [0.29, 0.717) is 0 Å². The van der Waals surface area contributed by atoms with Crippen molar-refractivity contribution in [1.29, 1.82) is 0 Å². The van der Waals surface area contributed by atoms with Crippen molar-refractivity contribution in [2.75, 3.05) is 0 Å². The Morgan fingerprint density at radius 3 is 2.80 bits per heavy atom. The van der Waals surface area contributed by atoms with Crippen LogP contribution in [0.4, 0.5) is 0 Å². The number of nitrogens with zero attached hydrogens (tertiary/aromatic N) is 3. The second-order valence-electron chi connectivity index (χ2n) is 3.99. The molecule has 78 valence electrons. The Hall–Kier alpha value is -1.68. The van der Waals surface area contributed by atoms with Crippen molar-refractivity contribution in [3.05, 3.63) is 30.3 Å². The molecular weight excluding hydrogens is 190 g/mol. The summed E-state index contributed by atoms with van der Waals surface area (Å²) in [4.78, 5) is 0. The van der Waals surface area contributed by atoms with Crippen molar-refractivity contribution in [2.45, 2.75) is 19.4 Å². The molecule has 0 saturated heterocycles. The number of fused-ring (bicyclic) bond motifs is 1. The first-order valence-electron chi connectivity index (χ1n) is 4.78. The first-order chi connectivity index (χ1) is 7.06. The van der Waals surface area contributed by atoms with Gasteiger partial charge in [-0.05, 0) is 32.1 Å². The minimum Gasteiger partial charge on any atom is -0.386 e. The Morgan fingerprint density at radius 1 is 1.33 bits per heavy atom. The Bertz CT molecular complexity index is 494. The molecule has 2 aromatic rings. The first kappa shape index (κ1) is 9.86. The van der Waals surface area contributed by atoms with Crippen LogP contribution in [0, 0.1) is 0 Å². The van der Waals surface area contributed by atoms with E-state index in [9.17, 15) is 5.11 Å². The topological polar surface area (TPSA) is 50.9 Å². The molecule has 1 N–H and O–H groups in total. The van der Waals surface area contributed by atoms with Gasteiger partial charge in [0.05, 0.1) is 11.1 Å². The van der Waals surface area contributed by atoms with Gasteiger partial charge in [-0.15, -0.1) is 5.10 Å². The molecule has 4 heteroatoms. The maximum absolute atomic E-state index is 9.54. The quantitative estimate of drug-likeness (QED) is 0.807. The number of aromatic nitrogens is 3. The van der Waals surface area contributed by atoms with E-state index in [4.69, 9.17) is 0 Å². The van der Waals surface area contributed by atoms with Gasteiger partial charge in [0.15, 0.2) is 0 Å². The van der Waals surface area contributed by atoms with Crippen LogP contribution in [0.2, 0.25) is 0 Å². The molecule has 15 heavy (non-hydrogen) atoms. The average Bonchev–Trinajstić information content (AvgIpc) is 2.57. The molecule has 0 atom stereocenters. The van der Waals surface area contributed by atoms with Crippen LogP contribution < -0.4 is 0 Å². The summed E-state index contributed by atoms with van der Waals surface area (Å²) in [6.45, 7) is 3.42. The van der Waals surface area contributed by atoms with Crippen LogP contribution in [-0.4, -0.2) is 25.7 Å². The average molecular weight is 203 g/mol. The Kier molecular flexibility index (Phi) is 2.28. The van der Waals surface area contributed by atoms with Crippen LogP contribution in [0.25, 0.3) is 17.2 Å². The minimum absolute atomic E-state index is 0.840. The molecular formula is C11H13N3O. The monoisotopic (exact) mass is 203 g/mol. The number of aliphatic hydroxyl groups is 1. The number of hydrogen-bond donors (Lipinski definition) is 1. The summed E-state index contributed by atoms with van der Waals surface area (Å²) in [6.07, 6.45) is 3.39. The lowest BCUT2D eigenvalue weighted by molar-refractivity contribution is 0.134. The zero-order valence-electron chi connectivity index (χ0n) is 8.75. The molecule has 1 aromatic carbocycles. The third-order valence-corrected chi connectivity index (χ3v) is 2.00. The van der Waals surface area contributed by atoms with E-state index in [1.54, 1.807) is 30.8 Å². The van der Waals surface area contributed by atoms with Gasteiger partial charge in [-0.2, -0.15) is 0 Å². The maximum atomic E-state index is 9.54. The van der Waals surface area contributed by atoms with Gasteiger partial charge in [-0.25, -0.2) is 4.68 Å². The predicted molar refractivity (Wildman–Crippen MR) is 59.2 cm³/mol. The minimum atomic E-state index is -0.840. The van der Waals surface area contributed by atoms with Gasteiger partial charge in [0, 0.05) is 6.20 Å². The second-order valence-corrected chi connectivity index (χ2v) is 3.99. The largest absolute Gasteiger partial charge is 0.386 e. The molecule has 0 saturated carbocycles. The summed E-state index contributed by atoms with van der Waals surface area (Å²) in [6, 6.07) is 7.68. The van der Waals surface area contributed by atoms with Crippen molar-refractivity contribution in [1.82, 2.24) is 15.0 Å². The third-order valence-electron chi connectivity index (χ3n) is 2.00. The second kappa shape index (κ2) is 3.47. The Labute approximate surface area is 87.8 Å². The van der Waals surface area contributed by atoms with Crippen LogP contribution >= 0.6 is 0 Å². The summed E-state index contributed by atoms with van der Waals surface area (Å²) in [5, 5.41) is 17.5. The molecule has 0 aliphatic carbocycles. The summed E-state index contributed by atoms with van der Waals surface area (Å²) >= 11 is 0. The standard InChI is InChI=1S/C11H13N3O/c1-11(2,15)7-8-14-10-6-4-3-5-9(10)12-13-14/h3-8,15H,1-2H3/b8-7-. The zero-order valence-corrected chi connectivity index (χ0v) is 8.75. The number of benzene rings is 1. The van der Waals surface area contributed by atoms with E-state index in [-0.39, 0.29) is 0 Å². The highest BCUT2D eigenvalue weighted by Gasteiger charge is 2.07. The smallest absolute Gasteiger partial charge is 0.113 e. The van der Waals surface area contributed by atoms with Crippen LogP contribution in [0.5, 0.6) is 0 Å². The summed E-state index contributed by atoms with van der Waals surface area (Å²) < 4.78 is 1.65. The highest BCUT2D eigenvalue weighted by Crippen LogP contribution is 2.11. The highest BCUT2D eigenvalue weighted by atomic mass is 16.3. The lowest BCUT2D eigenvalue weighted by Crippen LogP contribution is -2.14. The van der Waals surface area contributed by atoms with Crippen molar-refractivity contribution >= 4 is 17.2 Å². The Balaban J connectivity index is 2.41. The fourth-order valence-electron chi connectivity index (χ4n) is 1.25. The zero-order chi connectivity index (χ0) is 10.9. The summed E-state index contributed by atoms with van der Waals surface area (Å²) in [5.74, 6) is 0. The molecule has 2 rings (SSSR count). The SMILES string of the molecule is CC(C)(O)/C=C\n1nnc2ccccc21. The molecule has 0 amide bonds. The summed E-state index contributed by atoms with van der Waals surface area (Å²) in [5.41, 5.74) is 0.934. The summed E-state index contributed by atoms with van der Waals surface area (Å²) in [7, 11) is 0. The molecule has 0 fully saturated rings. The Morgan fingerprint density at radius 2 is 2.07 bits per heavy atom. The lowest BCUT2D eigenvalue weighted by Gasteiger charge is -2.09. The first-order valence-corrected chi connectivity index (χ1v) is 4.78. The number of rotatable bonds is 2. The van der Waals surface area contributed by atoms with Crippen molar-refractivity contribution in [3.63, 3.8) is 0 Å². The van der Waals surface area contributed by atoms with Crippen molar-refractivity contribution in [3.8, 4) is 0 Å². The molecule has 0 unspecified atom stereocenters. The fraction of sp³-hybridized carbons (Fsp3) is 0.273. The molecule has 0 aliphatic rings. The van der Waals surface area contributed by atoms with Crippen molar-refractivity contribution in [2.24, 2.45) is 0 Å². The fourth-order valence-corrected chi connectivity index (χ4v) is 1.25. The maximum Gasteiger partial charge on any atom is 0.113 e. The number of para-hydroxylation sites is 1. The van der Waals surface area contributed by atoms with Gasteiger partial charge in [0.25, 0.3) is 0 Å². The molecule has 1 heterocycles. The molecule has 0 bridgehead atoms. The van der Waals surface area contributed by atoms with Crippen LogP contribution in [0.15, 0.2) is 30.3 Å². The van der Waals surface area contributed by atoms with E-state index in [1.165, 1.54) is 0 Å². The normalized spacial score (nSPS) is 12.7. The molecule has 0 aliphatic heterocycles. The third kappa shape index (κ3) is 2.22. The molecule has 0 radical (unpaired) electrons. The van der Waals surface area contributed by atoms with E-state index in [0.717, 1.165) is 11.0 Å². The molecule has 1 aromatic heterocycles. The van der Waals surface area contributed by atoms with Gasteiger partial charge in [-0.3, -0.25) is 0 Å². The van der Waals surface area contributed by atoms with Crippen molar-refractivity contribution < 1.29 is 5.11 Å². The predicted octanol–water partition coefficient (Wildman–Crippen LogP) is 1.67. The van der Waals surface area contributed by atoms with Crippen LogP contribution in [-0.2, 0) is 0 Å². The van der Waals surface area contributed by atoms with Gasteiger partial charge < -0.3 is 5.11 Å². The van der Waals surface area contributed by atoms with Gasteiger partial charge in [0.2, 0.25) is 0 Å². The lowest BCUT2D eigenvalue weighted by atomic mass is 10.1. The van der Waals surface area contributed by atoms with E-state index in [2.05, 4.69) is 10.3 Å². The van der Waals surface area contributed by atoms with Crippen LogP contribution in [0.1, 0.15) is 13.8 Å². The molecule has 4 nitrogen and oxygen atoms in total. The van der Waals surface area contributed by atoms with E-state index < -0.39 is 5.60 Å². The van der Waals surface area contributed by atoms with Gasteiger partial charge in [0.1, 0.15) is 5.52 Å². The molecule has 0 spiro atoms. The van der Waals surface area contributed by atoms with Crippen LogP contribution in [0.3, 0.4) is 0 Å².